The van der Waals surface area contributed by atoms with Gasteiger partial charge >= 0.3 is 0 Å². The van der Waals surface area contributed by atoms with Crippen LogP contribution in [0.15, 0.2) is 29.2 Å². The first kappa shape index (κ1) is 14.3. The van der Waals surface area contributed by atoms with Gasteiger partial charge in [-0.2, -0.15) is 4.31 Å². The Morgan fingerprint density at radius 3 is 2.50 bits per heavy atom. The van der Waals surface area contributed by atoms with Gasteiger partial charge in [-0.05, 0) is 38.8 Å². The molecule has 0 aromatic heterocycles. The van der Waals surface area contributed by atoms with E-state index >= 15 is 0 Å². The average molecular weight is 379 g/mol. The molecule has 2 rings (SSSR count). The molecule has 1 aliphatic heterocycles. The fraction of sp³-hybridized carbons (Fsp3) is 0.538. The standard InChI is InChI=1S/C13H18INO2S/c1-11-4-6-12(7-5-11)18(16,17)15-9-3-8-13(15,2)10-14/h4-7H,3,8-10H2,1-2H3. The number of sulfonamides is 1. The minimum absolute atomic E-state index is 0.232. The lowest BCUT2D eigenvalue weighted by molar-refractivity contribution is 0.302. The quantitative estimate of drug-likeness (QED) is 0.598. The SMILES string of the molecule is Cc1ccc(S(=O)(=O)N2CCCC2(C)CI)cc1. The van der Waals surface area contributed by atoms with Gasteiger partial charge in [0.1, 0.15) is 0 Å². The summed E-state index contributed by atoms with van der Waals surface area (Å²) in [6, 6.07) is 7.11. The molecule has 5 heteroatoms. The van der Waals surface area contributed by atoms with Gasteiger partial charge in [0.2, 0.25) is 10.0 Å². The predicted octanol–water partition coefficient (Wildman–Crippen LogP) is 2.97. The molecular formula is C13H18INO2S. The van der Waals surface area contributed by atoms with Gasteiger partial charge in [-0.15, -0.1) is 0 Å². The van der Waals surface area contributed by atoms with Crippen molar-refractivity contribution in [2.24, 2.45) is 0 Å². The Morgan fingerprint density at radius 2 is 1.94 bits per heavy atom. The normalized spacial score (nSPS) is 25.5. The second-order valence-corrected chi connectivity index (χ2v) is 7.75. The third-order valence-corrected chi connectivity index (χ3v) is 7.29. The number of aryl methyl sites for hydroxylation is 1. The third-order valence-electron chi connectivity index (χ3n) is 3.58. The average Bonchev–Trinajstić information content (AvgIpc) is 2.73. The third kappa shape index (κ3) is 2.44. The molecule has 3 nitrogen and oxygen atoms in total. The second-order valence-electron chi connectivity index (χ2n) is 5.12. The monoisotopic (exact) mass is 379 g/mol. The number of hydrogen-bond acceptors (Lipinski definition) is 2. The molecule has 0 spiro atoms. The summed E-state index contributed by atoms with van der Waals surface area (Å²) in [6.07, 6.45) is 1.89. The van der Waals surface area contributed by atoms with Crippen molar-refractivity contribution in [3.8, 4) is 0 Å². The van der Waals surface area contributed by atoms with Crippen molar-refractivity contribution in [3.05, 3.63) is 29.8 Å². The van der Waals surface area contributed by atoms with Crippen LogP contribution in [0, 0.1) is 6.92 Å². The van der Waals surface area contributed by atoms with Crippen LogP contribution >= 0.6 is 22.6 Å². The Kier molecular flexibility index (Phi) is 4.04. The smallest absolute Gasteiger partial charge is 0.207 e. The van der Waals surface area contributed by atoms with E-state index in [1.807, 2.05) is 26.0 Å². The van der Waals surface area contributed by atoms with Gasteiger partial charge in [0, 0.05) is 16.5 Å². The first-order valence-electron chi connectivity index (χ1n) is 6.06. The van der Waals surface area contributed by atoms with Crippen LogP contribution in [0.3, 0.4) is 0 Å². The molecule has 0 bridgehead atoms. The summed E-state index contributed by atoms with van der Waals surface area (Å²) in [5.74, 6) is 0. The maximum Gasteiger partial charge on any atom is 0.243 e. The lowest BCUT2D eigenvalue weighted by Crippen LogP contribution is -2.46. The molecule has 18 heavy (non-hydrogen) atoms. The number of alkyl halides is 1. The topological polar surface area (TPSA) is 37.4 Å². The summed E-state index contributed by atoms with van der Waals surface area (Å²) < 4.78 is 27.8. The van der Waals surface area contributed by atoms with Crippen LogP contribution in [0.5, 0.6) is 0 Å². The molecular weight excluding hydrogens is 361 g/mol. The Morgan fingerprint density at radius 1 is 1.33 bits per heavy atom. The molecule has 0 amide bonds. The summed E-state index contributed by atoms with van der Waals surface area (Å²) in [6.45, 7) is 4.63. The lowest BCUT2D eigenvalue weighted by atomic mass is 10.0. The summed E-state index contributed by atoms with van der Waals surface area (Å²) in [5, 5.41) is 0. The van der Waals surface area contributed by atoms with Crippen LogP contribution < -0.4 is 0 Å². The van der Waals surface area contributed by atoms with Gasteiger partial charge in [-0.1, -0.05) is 40.3 Å². The van der Waals surface area contributed by atoms with E-state index in [-0.39, 0.29) is 5.54 Å². The highest BCUT2D eigenvalue weighted by molar-refractivity contribution is 14.1. The van der Waals surface area contributed by atoms with Crippen molar-refractivity contribution in [1.29, 1.82) is 0 Å². The molecule has 1 aromatic carbocycles. The maximum absolute atomic E-state index is 12.6. The molecule has 1 heterocycles. The Bertz CT molecular complexity index is 526. The van der Waals surface area contributed by atoms with Gasteiger partial charge < -0.3 is 0 Å². The number of benzene rings is 1. The molecule has 1 aliphatic rings. The summed E-state index contributed by atoms with van der Waals surface area (Å²) in [4.78, 5) is 0.408. The number of rotatable bonds is 3. The molecule has 100 valence electrons. The summed E-state index contributed by atoms with van der Waals surface area (Å²) in [5.41, 5.74) is 0.844. The zero-order valence-corrected chi connectivity index (χ0v) is 13.7. The highest BCUT2D eigenvalue weighted by Crippen LogP contribution is 2.35. The molecule has 0 aliphatic carbocycles. The van der Waals surface area contributed by atoms with Gasteiger partial charge in [-0.25, -0.2) is 8.42 Å². The van der Waals surface area contributed by atoms with Crippen molar-refractivity contribution in [2.75, 3.05) is 11.0 Å². The van der Waals surface area contributed by atoms with Crippen LogP contribution in [0.25, 0.3) is 0 Å². The second kappa shape index (κ2) is 5.09. The van der Waals surface area contributed by atoms with E-state index in [1.54, 1.807) is 16.4 Å². The highest BCUT2D eigenvalue weighted by Gasteiger charge is 2.43. The molecule has 1 aromatic rings. The highest BCUT2D eigenvalue weighted by atomic mass is 127. The largest absolute Gasteiger partial charge is 0.243 e. The van der Waals surface area contributed by atoms with Gasteiger partial charge in [0.05, 0.1) is 4.90 Å². The molecule has 0 radical (unpaired) electrons. The number of halogens is 1. The van der Waals surface area contributed by atoms with Crippen molar-refractivity contribution >= 4 is 32.6 Å². The predicted molar refractivity (Wildman–Crippen MR) is 81.6 cm³/mol. The minimum Gasteiger partial charge on any atom is -0.207 e. The lowest BCUT2D eigenvalue weighted by Gasteiger charge is -2.32. The van der Waals surface area contributed by atoms with Crippen LogP contribution in [-0.4, -0.2) is 29.2 Å². The Labute approximate surface area is 123 Å². The van der Waals surface area contributed by atoms with E-state index in [0.717, 1.165) is 22.8 Å². The number of hydrogen-bond donors (Lipinski definition) is 0. The zero-order chi connectivity index (χ0) is 13.4. The fourth-order valence-corrected chi connectivity index (χ4v) is 5.24. The zero-order valence-electron chi connectivity index (χ0n) is 10.7. The van der Waals surface area contributed by atoms with Crippen molar-refractivity contribution in [1.82, 2.24) is 4.31 Å². The van der Waals surface area contributed by atoms with E-state index in [4.69, 9.17) is 0 Å². The van der Waals surface area contributed by atoms with Crippen molar-refractivity contribution in [3.63, 3.8) is 0 Å². The van der Waals surface area contributed by atoms with Crippen LogP contribution in [0.2, 0.25) is 0 Å². The van der Waals surface area contributed by atoms with Crippen molar-refractivity contribution in [2.45, 2.75) is 37.1 Å². The van der Waals surface area contributed by atoms with E-state index < -0.39 is 10.0 Å². The first-order valence-corrected chi connectivity index (χ1v) is 9.02. The van der Waals surface area contributed by atoms with E-state index in [1.165, 1.54) is 0 Å². The molecule has 1 atom stereocenters. The minimum atomic E-state index is -3.35. The Balaban J connectivity index is 2.40. The van der Waals surface area contributed by atoms with Crippen molar-refractivity contribution < 1.29 is 8.42 Å². The van der Waals surface area contributed by atoms with Gasteiger partial charge in [0.25, 0.3) is 0 Å². The number of nitrogens with zero attached hydrogens (tertiary/aromatic N) is 1. The summed E-state index contributed by atoms with van der Waals surface area (Å²) in [7, 11) is -3.35. The first-order chi connectivity index (χ1) is 8.40. The molecule has 1 saturated heterocycles. The van der Waals surface area contributed by atoms with Crippen LogP contribution in [-0.2, 0) is 10.0 Å². The fourth-order valence-electron chi connectivity index (χ4n) is 2.38. The van der Waals surface area contributed by atoms with Crippen LogP contribution in [0.1, 0.15) is 25.3 Å². The maximum atomic E-state index is 12.6. The van der Waals surface area contributed by atoms with E-state index in [9.17, 15) is 8.42 Å². The molecule has 1 unspecified atom stereocenters. The molecule has 0 N–H and O–H groups in total. The Hall–Kier alpha value is -0.140. The van der Waals surface area contributed by atoms with Gasteiger partial charge in [0.15, 0.2) is 0 Å². The van der Waals surface area contributed by atoms with Gasteiger partial charge in [-0.3, -0.25) is 0 Å². The van der Waals surface area contributed by atoms with Crippen LogP contribution in [0.4, 0.5) is 0 Å². The molecule has 0 saturated carbocycles. The van der Waals surface area contributed by atoms with E-state index in [2.05, 4.69) is 22.6 Å². The molecule has 1 fully saturated rings. The summed E-state index contributed by atoms with van der Waals surface area (Å²) >= 11 is 2.28. The van der Waals surface area contributed by atoms with E-state index in [0.29, 0.717) is 11.4 Å².